The lowest BCUT2D eigenvalue weighted by atomic mass is 10.2. The van der Waals surface area contributed by atoms with Crippen molar-refractivity contribution in [2.24, 2.45) is 0 Å². The van der Waals surface area contributed by atoms with Gasteiger partial charge in [-0.2, -0.15) is 4.57 Å². The number of thioether (sulfide) groups is 1. The molecule has 0 saturated heterocycles. The van der Waals surface area contributed by atoms with Crippen LogP contribution in [0, 0.1) is 0 Å². The number of hydrogen-bond donors (Lipinski definition) is 2. The minimum atomic E-state index is -1.26. The highest BCUT2D eigenvalue weighted by Gasteiger charge is 2.24. The number of aromatic amines is 1. The SMILES string of the molecule is O=C(CSc1n[nH]c(-c2ccncc2)[n+]1-c1ccc(Br)cc1)Nc1ccc(C(=O)[O-])cc1. The van der Waals surface area contributed by atoms with Crippen LogP contribution < -0.4 is 15.0 Å². The minimum Gasteiger partial charge on any atom is -0.545 e. The molecule has 4 aromatic rings. The van der Waals surface area contributed by atoms with Gasteiger partial charge in [0.1, 0.15) is 5.69 Å². The summed E-state index contributed by atoms with van der Waals surface area (Å²) >= 11 is 4.72. The van der Waals surface area contributed by atoms with Crippen molar-refractivity contribution >= 4 is 45.3 Å². The van der Waals surface area contributed by atoms with Gasteiger partial charge in [-0.25, -0.2) is 0 Å². The van der Waals surface area contributed by atoms with E-state index >= 15 is 0 Å². The average molecular weight is 510 g/mol. The molecule has 8 nitrogen and oxygen atoms in total. The predicted octanol–water partition coefficient (Wildman–Crippen LogP) is 2.61. The first-order valence-electron chi connectivity index (χ1n) is 9.42. The first-order valence-corrected chi connectivity index (χ1v) is 11.2. The molecule has 0 fully saturated rings. The van der Waals surface area contributed by atoms with E-state index in [0.29, 0.717) is 10.8 Å². The Balaban J connectivity index is 1.54. The second-order valence-electron chi connectivity index (χ2n) is 6.60. The average Bonchev–Trinajstić information content (AvgIpc) is 3.23. The van der Waals surface area contributed by atoms with Crippen molar-refractivity contribution in [2.45, 2.75) is 5.16 Å². The summed E-state index contributed by atoms with van der Waals surface area (Å²) in [6, 6.07) is 17.3. The zero-order chi connectivity index (χ0) is 22.5. The zero-order valence-corrected chi connectivity index (χ0v) is 18.9. The third-order valence-electron chi connectivity index (χ3n) is 4.45. The number of halogens is 1. The summed E-state index contributed by atoms with van der Waals surface area (Å²) in [5.74, 6) is -0.638. The van der Waals surface area contributed by atoms with Crippen LogP contribution in [-0.2, 0) is 4.79 Å². The van der Waals surface area contributed by atoms with Gasteiger partial charge in [-0.15, -0.1) is 5.10 Å². The maximum atomic E-state index is 12.5. The molecule has 0 spiro atoms. The lowest BCUT2D eigenvalue weighted by Crippen LogP contribution is -2.34. The van der Waals surface area contributed by atoms with E-state index in [0.717, 1.165) is 21.5 Å². The Bertz CT molecular complexity index is 1250. The van der Waals surface area contributed by atoms with Gasteiger partial charge in [-0.1, -0.05) is 28.1 Å². The van der Waals surface area contributed by atoms with Crippen LogP contribution in [0.15, 0.2) is 82.7 Å². The molecule has 0 aliphatic carbocycles. The Kier molecular flexibility index (Phi) is 6.62. The van der Waals surface area contributed by atoms with Crippen LogP contribution in [0.4, 0.5) is 5.69 Å². The van der Waals surface area contributed by atoms with Crippen LogP contribution in [0.5, 0.6) is 0 Å². The normalized spacial score (nSPS) is 10.7. The maximum absolute atomic E-state index is 12.5. The second-order valence-corrected chi connectivity index (χ2v) is 8.46. The molecule has 0 atom stereocenters. The number of amides is 1. The van der Waals surface area contributed by atoms with E-state index in [4.69, 9.17) is 0 Å². The molecule has 0 aliphatic heterocycles. The molecule has 1 amide bonds. The molecule has 4 rings (SSSR count). The second kappa shape index (κ2) is 9.75. The molecule has 0 radical (unpaired) electrons. The molecule has 0 aliphatic rings. The highest BCUT2D eigenvalue weighted by Crippen LogP contribution is 2.21. The van der Waals surface area contributed by atoms with Crippen molar-refractivity contribution in [1.82, 2.24) is 15.2 Å². The topological polar surface area (TPSA) is 115 Å². The monoisotopic (exact) mass is 509 g/mol. The van der Waals surface area contributed by atoms with E-state index in [1.807, 2.05) is 41.0 Å². The number of hydrogen-bond acceptors (Lipinski definition) is 6. The quantitative estimate of drug-likeness (QED) is 0.292. The largest absolute Gasteiger partial charge is 0.545 e. The van der Waals surface area contributed by atoms with Gasteiger partial charge in [0.15, 0.2) is 0 Å². The van der Waals surface area contributed by atoms with Crippen LogP contribution in [0.3, 0.4) is 0 Å². The molecule has 10 heteroatoms. The summed E-state index contributed by atoms with van der Waals surface area (Å²) in [4.78, 5) is 27.4. The number of nitrogens with one attached hydrogen (secondary N) is 2. The van der Waals surface area contributed by atoms with Gasteiger partial charge in [0.25, 0.3) is 5.82 Å². The van der Waals surface area contributed by atoms with Gasteiger partial charge in [0.05, 0.1) is 22.4 Å². The van der Waals surface area contributed by atoms with E-state index in [-0.39, 0.29) is 17.2 Å². The third kappa shape index (κ3) is 5.04. The van der Waals surface area contributed by atoms with Gasteiger partial charge in [-0.3, -0.25) is 9.78 Å². The van der Waals surface area contributed by atoms with Crippen molar-refractivity contribution in [3.63, 3.8) is 0 Å². The number of carbonyl (C=O) groups is 2. The Morgan fingerprint density at radius 1 is 1.03 bits per heavy atom. The molecule has 0 saturated carbocycles. The highest BCUT2D eigenvalue weighted by atomic mass is 79.9. The number of pyridine rings is 1. The summed E-state index contributed by atoms with van der Waals surface area (Å²) in [7, 11) is 0. The smallest absolute Gasteiger partial charge is 0.342 e. The van der Waals surface area contributed by atoms with Crippen LogP contribution in [0.2, 0.25) is 0 Å². The van der Waals surface area contributed by atoms with E-state index in [9.17, 15) is 14.7 Å². The number of nitrogens with zero attached hydrogens (tertiary/aromatic N) is 3. The number of anilines is 1. The molecule has 2 aromatic carbocycles. The number of carbonyl (C=O) groups excluding carboxylic acids is 2. The van der Waals surface area contributed by atoms with Gasteiger partial charge in [0.2, 0.25) is 5.91 Å². The number of aromatic carboxylic acids is 1. The molecule has 0 unspecified atom stereocenters. The number of benzene rings is 2. The van der Waals surface area contributed by atoms with E-state index < -0.39 is 5.97 Å². The van der Waals surface area contributed by atoms with Crippen LogP contribution in [-0.4, -0.2) is 32.8 Å². The Hall–Kier alpha value is -3.50. The molecular weight excluding hydrogens is 494 g/mol. The van der Waals surface area contributed by atoms with Gasteiger partial charge >= 0.3 is 5.16 Å². The number of H-pyrrole nitrogens is 1. The predicted molar refractivity (Wildman–Crippen MR) is 121 cm³/mol. The van der Waals surface area contributed by atoms with Crippen molar-refractivity contribution in [2.75, 3.05) is 11.1 Å². The Morgan fingerprint density at radius 3 is 2.38 bits per heavy atom. The Labute approximate surface area is 195 Å². The molecule has 160 valence electrons. The summed E-state index contributed by atoms with van der Waals surface area (Å²) in [5, 5.41) is 21.7. The first kappa shape index (κ1) is 21.7. The number of aromatic nitrogens is 4. The van der Waals surface area contributed by atoms with Crippen LogP contribution in [0.25, 0.3) is 17.1 Å². The van der Waals surface area contributed by atoms with Crippen molar-refractivity contribution in [3.05, 3.63) is 83.1 Å². The van der Waals surface area contributed by atoms with Gasteiger partial charge < -0.3 is 15.2 Å². The maximum Gasteiger partial charge on any atom is 0.342 e. The first-order chi connectivity index (χ1) is 15.5. The molecule has 0 bridgehead atoms. The number of rotatable bonds is 7. The van der Waals surface area contributed by atoms with Crippen molar-refractivity contribution < 1.29 is 19.3 Å². The lowest BCUT2D eigenvalue weighted by molar-refractivity contribution is -0.625. The summed E-state index contributed by atoms with van der Waals surface area (Å²) in [6.07, 6.45) is 3.40. The van der Waals surface area contributed by atoms with Crippen LogP contribution >= 0.6 is 27.7 Å². The molecule has 32 heavy (non-hydrogen) atoms. The molecule has 2 heterocycles. The zero-order valence-electron chi connectivity index (χ0n) is 16.5. The summed E-state index contributed by atoms with van der Waals surface area (Å²) in [6.45, 7) is 0. The van der Waals surface area contributed by atoms with Crippen molar-refractivity contribution in [3.8, 4) is 17.1 Å². The molecular formula is C22H16BrN5O3S. The van der Waals surface area contributed by atoms with E-state index in [1.54, 1.807) is 12.4 Å². The fraction of sp³-hybridized carbons (Fsp3) is 0.0455. The molecule has 2 aromatic heterocycles. The summed E-state index contributed by atoms with van der Waals surface area (Å²) < 4.78 is 2.89. The fourth-order valence-corrected chi connectivity index (χ4v) is 3.98. The number of carboxylic acid groups (broad SMARTS) is 1. The number of carboxylic acids is 1. The fourth-order valence-electron chi connectivity index (χ4n) is 2.94. The summed E-state index contributed by atoms with van der Waals surface area (Å²) in [5.41, 5.74) is 2.34. The van der Waals surface area contributed by atoms with Crippen molar-refractivity contribution in [1.29, 1.82) is 0 Å². The Morgan fingerprint density at radius 2 is 1.72 bits per heavy atom. The van der Waals surface area contributed by atoms with Crippen LogP contribution in [0.1, 0.15) is 10.4 Å². The highest BCUT2D eigenvalue weighted by molar-refractivity contribution is 9.10. The van der Waals surface area contributed by atoms with E-state index in [2.05, 4.69) is 36.4 Å². The lowest BCUT2D eigenvalue weighted by Gasteiger charge is -2.07. The minimum absolute atomic E-state index is 0.0491. The molecule has 2 N–H and O–H groups in total. The van der Waals surface area contributed by atoms with Gasteiger partial charge in [0, 0.05) is 22.6 Å². The van der Waals surface area contributed by atoms with Gasteiger partial charge in [-0.05, 0) is 65.9 Å². The van der Waals surface area contributed by atoms with E-state index in [1.165, 1.54) is 36.0 Å². The standard InChI is InChI=1S/C22H16BrN5O3S/c23-16-3-7-18(8-4-16)28-20(14-9-11-24-12-10-14)26-27-22(28)32-13-19(29)25-17-5-1-15(2-6-17)21(30)31/h1-12H,13H2,(H2,25,29,30,31). The third-order valence-corrected chi connectivity index (χ3v) is 5.91.